The van der Waals surface area contributed by atoms with Crippen molar-refractivity contribution in [2.45, 2.75) is 26.3 Å². The van der Waals surface area contributed by atoms with Crippen molar-refractivity contribution in [2.75, 3.05) is 25.0 Å². The van der Waals surface area contributed by atoms with Crippen molar-refractivity contribution in [1.29, 1.82) is 0 Å². The number of benzene rings is 1. The highest BCUT2D eigenvalue weighted by Crippen LogP contribution is 2.20. The molecule has 1 saturated heterocycles. The molecule has 24 heavy (non-hydrogen) atoms. The Morgan fingerprint density at radius 1 is 1.29 bits per heavy atom. The highest BCUT2D eigenvalue weighted by Gasteiger charge is 2.20. The molecule has 0 spiro atoms. The largest absolute Gasteiger partial charge is 0.341 e. The molecule has 5 nitrogen and oxygen atoms in total. The van der Waals surface area contributed by atoms with Gasteiger partial charge in [-0.05, 0) is 30.4 Å². The van der Waals surface area contributed by atoms with Gasteiger partial charge in [-0.1, -0.05) is 37.3 Å². The second kappa shape index (κ2) is 7.43. The van der Waals surface area contributed by atoms with Crippen LogP contribution in [0.2, 0.25) is 0 Å². The van der Waals surface area contributed by atoms with E-state index in [9.17, 15) is 4.79 Å². The van der Waals surface area contributed by atoms with Gasteiger partial charge in [0.05, 0.1) is 0 Å². The Bertz CT molecular complexity index is 689. The van der Waals surface area contributed by atoms with Crippen molar-refractivity contribution < 1.29 is 4.79 Å². The standard InChI is InChI=1S/C19H24N4O/c1-15-7-6-12-23(13-15)19-20-11-10-17(21-19)18(24)22(2)14-16-8-4-3-5-9-16/h3-5,8-11,15H,6-7,12-14H2,1-2H3. The summed E-state index contributed by atoms with van der Waals surface area (Å²) in [5.41, 5.74) is 1.56. The molecule has 1 fully saturated rings. The Morgan fingerprint density at radius 2 is 2.08 bits per heavy atom. The third-order valence-corrected chi connectivity index (χ3v) is 4.41. The molecule has 1 aliphatic heterocycles. The lowest BCUT2D eigenvalue weighted by molar-refractivity contribution is 0.0779. The smallest absolute Gasteiger partial charge is 0.272 e. The second-order valence-corrected chi connectivity index (χ2v) is 6.58. The number of piperidine rings is 1. The van der Waals surface area contributed by atoms with Gasteiger partial charge in [-0.3, -0.25) is 4.79 Å². The molecule has 1 atom stereocenters. The van der Waals surface area contributed by atoms with E-state index in [4.69, 9.17) is 0 Å². The Labute approximate surface area is 143 Å². The Hall–Kier alpha value is -2.43. The van der Waals surface area contributed by atoms with Crippen LogP contribution in [0.5, 0.6) is 0 Å². The van der Waals surface area contributed by atoms with Crippen LogP contribution in [0.3, 0.4) is 0 Å². The normalized spacial score (nSPS) is 17.6. The molecule has 2 heterocycles. The van der Waals surface area contributed by atoms with Crippen LogP contribution < -0.4 is 4.90 Å². The summed E-state index contributed by atoms with van der Waals surface area (Å²) in [6.45, 7) is 4.73. The number of aromatic nitrogens is 2. The maximum atomic E-state index is 12.7. The summed E-state index contributed by atoms with van der Waals surface area (Å²) in [4.78, 5) is 25.4. The lowest BCUT2D eigenvalue weighted by Gasteiger charge is -2.31. The number of carbonyl (C=O) groups excluding carboxylic acids is 1. The second-order valence-electron chi connectivity index (χ2n) is 6.58. The summed E-state index contributed by atoms with van der Waals surface area (Å²) in [6, 6.07) is 11.7. The first-order valence-corrected chi connectivity index (χ1v) is 8.51. The predicted octanol–water partition coefficient (Wildman–Crippen LogP) is 2.99. The summed E-state index contributed by atoms with van der Waals surface area (Å²) in [5, 5.41) is 0. The van der Waals surface area contributed by atoms with E-state index in [1.807, 2.05) is 30.3 Å². The summed E-state index contributed by atoms with van der Waals surface area (Å²) < 4.78 is 0. The van der Waals surface area contributed by atoms with Crippen LogP contribution in [0, 0.1) is 5.92 Å². The van der Waals surface area contributed by atoms with Crippen molar-refractivity contribution in [1.82, 2.24) is 14.9 Å². The third-order valence-electron chi connectivity index (χ3n) is 4.41. The third kappa shape index (κ3) is 3.91. The van der Waals surface area contributed by atoms with Gasteiger partial charge < -0.3 is 9.80 Å². The number of hydrogen-bond acceptors (Lipinski definition) is 4. The highest BCUT2D eigenvalue weighted by atomic mass is 16.2. The predicted molar refractivity (Wildman–Crippen MR) is 94.9 cm³/mol. The fourth-order valence-corrected chi connectivity index (χ4v) is 3.12. The lowest BCUT2D eigenvalue weighted by atomic mass is 10.0. The molecular formula is C19H24N4O. The van der Waals surface area contributed by atoms with Crippen LogP contribution in [0.1, 0.15) is 35.8 Å². The molecule has 0 saturated carbocycles. The van der Waals surface area contributed by atoms with E-state index in [0.717, 1.165) is 25.1 Å². The van der Waals surface area contributed by atoms with Gasteiger partial charge in [0, 0.05) is 32.9 Å². The monoisotopic (exact) mass is 324 g/mol. The Morgan fingerprint density at radius 3 is 2.83 bits per heavy atom. The van der Waals surface area contributed by atoms with E-state index in [-0.39, 0.29) is 5.91 Å². The van der Waals surface area contributed by atoms with E-state index in [1.165, 1.54) is 6.42 Å². The van der Waals surface area contributed by atoms with E-state index >= 15 is 0 Å². The number of carbonyl (C=O) groups is 1. The van der Waals surface area contributed by atoms with Gasteiger partial charge in [0.1, 0.15) is 5.69 Å². The molecule has 5 heteroatoms. The molecule has 126 valence electrons. The first-order chi connectivity index (χ1) is 11.6. The first kappa shape index (κ1) is 16.4. The zero-order valence-electron chi connectivity index (χ0n) is 14.4. The van der Waals surface area contributed by atoms with Crippen LogP contribution in [0.4, 0.5) is 5.95 Å². The minimum atomic E-state index is -0.0763. The van der Waals surface area contributed by atoms with Gasteiger partial charge in [0.15, 0.2) is 0 Å². The van der Waals surface area contributed by atoms with Gasteiger partial charge in [-0.2, -0.15) is 0 Å². The van der Waals surface area contributed by atoms with Gasteiger partial charge >= 0.3 is 0 Å². The summed E-state index contributed by atoms with van der Waals surface area (Å²) in [7, 11) is 1.81. The van der Waals surface area contributed by atoms with Crippen LogP contribution >= 0.6 is 0 Å². The van der Waals surface area contributed by atoms with Crippen LogP contribution in [0.15, 0.2) is 42.6 Å². The van der Waals surface area contributed by atoms with Crippen molar-refractivity contribution in [2.24, 2.45) is 5.92 Å². The summed E-state index contributed by atoms with van der Waals surface area (Å²) in [6.07, 6.45) is 4.08. The van der Waals surface area contributed by atoms with Gasteiger partial charge in [0.2, 0.25) is 5.95 Å². The van der Waals surface area contributed by atoms with Crippen LogP contribution in [-0.4, -0.2) is 40.9 Å². The molecule has 1 unspecified atom stereocenters. The molecule has 0 bridgehead atoms. The molecule has 1 aliphatic rings. The van der Waals surface area contributed by atoms with Gasteiger partial charge in [0.25, 0.3) is 5.91 Å². The maximum absolute atomic E-state index is 12.7. The minimum absolute atomic E-state index is 0.0763. The molecule has 0 aliphatic carbocycles. The summed E-state index contributed by atoms with van der Waals surface area (Å²) >= 11 is 0. The van der Waals surface area contributed by atoms with Crippen molar-refractivity contribution in [3.63, 3.8) is 0 Å². The lowest BCUT2D eigenvalue weighted by Crippen LogP contribution is -2.36. The maximum Gasteiger partial charge on any atom is 0.272 e. The van der Waals surface area contributed by atoms with E-state index in [0.29, 0.717) is 24.1 Å². The fraction of sp³-hybridized carbons (Fsp3) is 0.421. The van der Waals surface area contributed by atoms with Crippen molar-refractivity contribution in [3.05, 3.63) is 53.9 Å². The van der Waals surface area contributed by atoms with Gasteiger partial charge in [-0.15, -0.1) is 0 Å². The molecule has 0 N–H and O–H groups in total. The zero-order valence-corrected chi connectivity index (χ0v) is 14.4. The number of amides is 1. The van der Waals surface area contributed by atoms with Gasteiger partial charge in [-0.25, -0.2) is 9.97 Å². The van der Waals surface area contributed by atoms with E-state index < -0.39 is 0 Å². The Balaban J connectivity index is 1.72. The zero-order chi connectivity index (χ0) is 16.9. The number of nitrogens with zero attached hydrogens (tertiary/aromatic N) is 4. The van der Waals surface area contributed by atoms with Crippen molar-refractivity contribution >= 4 is 11.9 Å². The SMILES string of the molecule is CC1CCCN(c2nccc(C(=O)N(C)Cc3ccccc3)n2)C1. The summed E-state index contributed by atoms with van der Waals surface area (Å²) in [5.74, 6) is 1.23. The highest BCUT2D eigenvalue weighted by molar-refractivity contribution is 5.92. The fourth-order valence-electron chi connectivity index (χ4n) is 3.12. The van der Waals surface area contributed by atoms with E-state index in [1.54, 1.807) is 24.2 Å². The first-order valence-electron chi connectivity index (χ1n) is 8.51. The molecule has 2 aromatic rings. The van der Waals surface area contributed by atoms with E-state index in [2.05, 4.69) is 21.8 Å². The number of hydrogen-bond donors (Lipinski definition) is 0. The average Bonchev–Trinajstić information content (AvgIpc) is 2.62. The number of rotatable bonds is 4. The molecule has 0 radical (unpaired) electrons. The quantitative estimate of drug-likeness (QED) is 0.867. The average molecular weight is 324 g/mol. The van der Waals surface area contributed by atoms with Crippen molar-refractivity contribution in [3.8, 4) is 0 Å². The molecule has 1 aromatic carbocycles. The number of anilines is 1. The molecular weight excluding hydrogens is 300 g/mol. The minimum Gasteiger partial charge on any atom is -0.341 e. The van der Waals surface area contributed by atoms with Crippen LogP contribution in [0.25, 0.3) is 0 Å². The molecule has 1 aromatic heterocycles. The Kier molecular flexibility index (Phi) is 5.08. The molecule has 3 rings (SSSR count). The van der Waals surface area contributed by atoms with Crippen LogP contribution in [-0.2, 0) is 6.54 Å². The molecule has 1 amide bonds. The topological polar surface area (TPSA) is 49.3 Å².